The van der Waals surface area contributed by atoms with Crippen LogP contribution in [0, 0.1) is 0 Å². The molecule has 2 N–H and O–H groups in total. The number of rotatable bonds is 3. The number of hydrogen-bond acceptors (Lipinski definition) is 3. The van der Waals surface area contributed by atoms with Crippen molar-refractivity contribution >= 4 is 0 Å². The first-order valence-electron chi connectivity index (χ1n) is 6.10. The Morgan fingerprint density at radius 1 is 1.56 bits per heavy atom. The largest absolute Gasteiger partial charge is 0.383 e. The van der Waals surface area contributed by atoms with Gasteiger partial charge >= 0.3 is 0 Å². The van der Waals surface area contributed by atoms with Gasteiger partial charge in [-0.2, -0.15) is 5.10 Å². The average molecular weight is 223 g/mol. The SMILES string of the molecule is CCNC1CCC(O)(c2ccn(C)n2)CC1. The topological polar surface area (TPSA) is 50.1 Å². The molecule has 1 heterocycles. The third-order valence-electron chi connectivity index (χ3n) is 3.50. The number of nitrogens with zero attached hydrogens (tertiary/aromatic N) is 2. The smallest absolute Gasteiger partial charge is 0.108 e. The van der Waals surface area contributed by atoms with Crippen LogP contribution in [0.25, 0.3) is 0 Å². The second-order valence-electron chi connectivity index (χ2n) is 4.74. The summed E-state index contributed by atoms with van der Waals surface area (Å²) in [6.07, 6.45) is 5.56. The van der Waals surface area contributed by atoms with Crippen LogP contribution in [0.5, 0.6) is 0 Å². The second-order valence-corrected chi connectivity index (χ2v) is 4.74. The van der Waals surface area contributed by atoms with E-state index in [4.69, 9.17) is 0 Å². The number of hydrogen-bond donors (Lipinski definition) is 2. The molecule has 16 heavy (non-hydrogen) atoms. The van der Waals surface area contributed by atoms with Gasteiger partial charge in [0.2, 0.25) is 0 Å². The minimum absolute atomic E-state index is 0.564. The van der Waals surface area contributed by atoms with Crippen LogP contribution in [0.2, 0.25) is 0 Å². The van der Waals surface area contributed by atoms with Crippen molar-refractivity contribution in [3.63, 3.8) is 0 Å². The van der Waals surface area contributed by atoms with Crippen LogP contribution < -0.4 is 5.32 Å². The Morgan fingerprint density at radius 2 is 2.25 bits per heavy atom. The van der Waals surface area contributed by atoms with Gasteiger partial charge < -0.3 is 10.4 Å². The van der Waals surface area contributed by atoms with Gasteiger partial charge in [0.15, 0.2) is 0 Å². The van der Waals surface area contributed by atoms with Gasteiger partial charge in [-0.1, -0.05) is 6.92 Å². The van der Waals surface area contributed by atoms with Crippen molar-refractivity contribution in [3.8, 4) is 0 Å². The normalized spacial score (nSPS) is 30.6. The summed E-state index contributed by atoms with van der Waals surface area (Å²) in [5.74, 6) is 0. The standard InChI is InChI=1S/C12H21N3O/c1-3-13-10-4-7-12(16,8-5-10)11-6-9-15(2)14-11/h6,9-10,13,16H,3-5,7-8H2,1-2H3. The molecule has 0 bridgehead atoms. The van der Waals surface area contributed by atoms with Crippen LogP contribution in [-0.2, 0) is 12.6 Å². The molecule has 1 aromatic rings. The molecule has 4 nitrogen and oxygen atoms in total. The molecule has 1 aromatic heterocycles. The zero-order valence-electron chi connectivity index (χ0n) is 10.1. The van der Waals surface area contributed by atoms with Crippen molar-refractivity contribution < 1.29 is 5.11 Å². The molecular formula is C12H21N3O. The minimum Gasteiger partial charge on any atom is -0.383 e. The zero-order valence-corrected chi connectivity index (χ0v) is 10.1. The Hall–Kier alpha value is -0.870. The van der Waals surface area contributed by atoms with E-state index in [-0.39, 0.29) is 0 Å². The van der Waals surface area contributed by atoms with Crippen molar-refractivity contribution in [1.29, 1.82) is 0 Å². The quantitative estimate of drug-likeness (QED) is 0.808. The Labute approximate surface area is 96.7 Å². The Kier molecular flexibility index (Phi) is 3.30. The third-order valence-corrected chi connectivity index (χ3v) is 3.50. The first kappa shape index (κ1) is 11.6. The van der Waals surface area contributed by atoms with Crippen LogP contribution >= 0.6 is 0 Å². The van der Waals surface area contributed by atoms with Crippen molar-refractivity contribution in [3.05, 3.63) is 18.0 Å². The van der Waals surface area contributed by atoms with Gasteiger partial charge in [-0.25, -0.2) is 0 Å². The van der Waals surface area contributed by atoms with Gasteiger partial charge in [0, 0.05) is 19.3 Å². The van der Waals surface area contributed by atoms with Crippen LogP contribution in [0.3, 0.4) is 0 Å². The third kappa shape index (κ3) is 2.28. The molecule has 1 saturated carbocycles. The van der Waals surface area contributed by atoms with E-state index in [1.165, 1.54) is 0 Å². The van der Waals surface area contributed by atoms with E-state index in [1.807, 2.05) is 19.3 Å². The molecule has 4 heteroatoms. The highest BCUT2D eigenvalue weighted by Crippen LogP contribution is 2.35. The predicted molar refractivity (Wildman–Crippen MR) is 63.0 cm³/mol. The fraction of sp³-hybridized carbons (Fsp3) is 0.750. The van der Waals surface area contributed by atoms with Gasteiger partial charge in [-0.15, -0.1) is 0 Å². The Bertz CT molecular complexity index is 340. The van der Waals surface area contributed by atoms with Crippen molar-refractivity contribution in [2.24, 2.45) is 7.05 Å². The van der Waals surface area contributed by atoms with Gasteiger partial charge in [-0.3, -0.25) is 4.68 Å². The average Bonchev–Trinajstić information content (AvgIpc) is 2.70. The summed E-state index contributed by atoms with van der Waals surface area (Å²) in [6, 6.07) is 2.49. The molecule has 1 fully saturated rings. The molecule has 0 unspecified atom stereocenters. The summed E-state index contributed by atoms with van der Waals surface area (Å²) >= 11 is 0. The maximum atomic E-state index is 10.5. The molecule has 2 rings (SSSR count). The number of aliphatic hydroxyl groups is 1. The molecule has 90 valence electrons. The number of aromatic nitrogens is 2. The molecule has 0 spiro atoms. The molecule has 0 aliphatic heterocycles. The van der Waals surface area contributed by atoms with E-state index < -0.39 is 5.60 Å². The summed E-state index contributed by atoms with van der Waals surface area (Å²) in [5, 5.41) is 18.3. The van der Waals surface area contributed by atoms with Crippen molar-refractivity contribution in [2.45, 2.75) is 44.2 Å². The van der Waals surface area contributed by atoms with Crippen molar-refractivity contribution in [1.82, 2.24) is 15.1 Å². The minimum atomic E-state index is -0.701. The summed E-state index contributed by atoms with van der Waals surface area (Å²) in [7, 11) is 1.89. The summed E-state index contributed by atoms with van der Waals surface area (Å²) in [5.41, 5.74) is 0.123. The molecule has 1 aliphatic rings. The number of nitrogens with one attached hydrogen (secondary N) is 1. The molecule has 0 radical (unpaired) electrons. The second kappa shape index (κ2) is 4.55. The lowest BCUT2D eigenvalue weighted by atomic mass is 9.80. The summed E-state index contributed by atoms with van der Waals surface area (Å²) in [6.45, 7) is 3.13. The van der Waals surface area contributed by atoms with Crippen LogP contribution in [0.4, 0.5) is 0 Å². The van der Waals surface area contributed by atoms with E-state index >= 15 is 0 Å². The number of aryl methyl sites for hydroxylation is 1. The van der Waals surface area contributed by atoms with E-state index in [2.05, 4.69) is 17.3 Å². The van der Waals surface area contributed by atoms with Crippen molar-refractivity contribution in [2.75, 3.05) is 6.54 Å². The van der Waals surface area contributed by atoms with E-state index in [0.717, 1.165) is 37.9 Å². The van der Waals surface area contributed by atoms with Gasteiger partial charge in [0.25, 0.3) is 0 Å². The Morgan fingerprint density at radius 3 is 2.75 bits per heavy atom. The molecule has 0 aromatic carbocycles. The lowest BCUT2D eigenvalue weighted by Gasteiger charge is -2.35. The maximum Gasteiger partial charge on any atom is 0.108 e. The maximum absolute atomic E-state index is 10.5. The fourth-order valence-corrected chi connectivity index (χ4v) is 2.51. The first-order valence-corrected chi connectivity index (χ1v) is 6.10. The van der Waals surface area contributed by atoms with Gasteiger partial charge in [0.05, 0.1) is 5.69 Å². The Balaban J connectivity index is 2.01. The molecule has 1 aliphatic carbocycles. The van der Waals surface area contributed by atoms with Crippen LogP contribution in [-0.4, -0.2) is 27.5 Å². The highest BCUT2D eigenvalue weighted by atomic mass is 16.3. The van der Waals surface area contributed by atoms with E-state index in [1.54, 1.807) is 4.68 Å². The molecule has 0 atom stereocenters. The predicted octanol–water partition coefficient (Wildman–Crippen LogP) is 1.16. The molecule has 0 amide bonds. The molecule has 0 saturated heterocycles. The van der Waals surface area contributed by atoms with E-state index in [0.29, 0.717) is 6.04 Å². The molecular weight excluding hydrogens is 202 g/mol. The van der Waals surface area contributed by atoms with E-state index in [9.17, 15) is 5.11 Å². The lowest BCUT2D eigenvalue weighted by molar-refractivity contribution is -0.0124. The van der Waals surface area contributed by atoms with Crippen LogP contribution in [0.15, 0.2) is 12.3 Å². The van der Waals surface area contributed by atoms with Gasteiger partial charge in [0.1, 0.15) is 5.60 Å². The zero-order chi connectivity index (χ0) is 11.6. The highest BCUT2D eigenvalue weighted by Gasteiger charge is 2.36. The lowest BCUT2D eigenvalue weighted by Crippen LogP contribution is -2.40. The summed E-state index contributed by atoms with van der Waals surface area (Å²) in [4.78, 5) is 0. The highest BCUT2D eigenvalue weighted by molar-refractivity contribution is 5.12. The fourth-order valence-electron chi connectivity index (χ4n) is 2.51. The first-order chi connectivity index (χ1) is 7.64. The monoisotopic (exact) mass is 223 g/mol. The summed E-state index contributed by atoms with van der Waals surface area (Å²) < 4.78 is 1.75. The van der Waals surface area contributed by atoms with Crippen LogP contribution in [0.1, 0.15) is 38.3 Å². The van der Waals surface area contributed by atoms with Gasteiger partial charge in [-0.05, 0) is 38.3 Å².